The third kappa shape index (κ3) is 6.50. The van der Waals surface area contributed by atoms with E-state index in [1.165, 1.54) is 46.0 Å². The number of benzene rings is 2. The zero-order chi connectivity index (χ0) is 23.0. The highest BCUT2D eigenvalue weighted by atomic mass is 16.5. The molecule has 166 valence electrons. The summed E-state index contributed by atoms with van der Waals surface area (Å²) in [7, 11) is 4.55. The van der Waals surface area contributed by atoms with Crippen LogP contribution in [0.5, 0.6) is 17.2 Å². The SMILES string of the molecule is COc1cc(OC)c(OC)cc1/C=C\C(=O)O[C@@H](C)C(=O)Nc1ccc(C(C)C)cc1. The summed E-state index contributed by atoms with van der Waals surface area (Å²) in [6.45, 7) is 5.71. The predicted octanol–water partition coefficient (Wildman–Crippen LogP) is 4.42. The number of methoxy groups -OCH3 is 3. The van der Waals surface area contributed by atoms with E-state index in [9.17, 15) is 9.59 Å². The minimum Gasteiger partial charge on any atom is -0.496 e. The molecule has 0 heterocycles. The average molecular weight is 427 g/mol. The van der Waals surface area contributed by atoms with E-state index in [0.29, 0.717) is 34.4 Å². The number of carbonyl (C=O) groups excluding carboxylic acids is 2. The summed E-state index contributed by atoms with van der Waals surface area (Å²) >= 11 is 0. The van der Waals surface area contributed by atoms with Gasteiger partial charge in [-0.2, -0.15) is 0 Å². The highest BCUT2D eigenvalue weighted by Gasteiger charge is 2.17. The van der Waals surface area contributed by atoms with Crippen LogP contribution in [0.3, 0.4) is 0 Å². The van der Waals surface area contributed by atoms with Crippen LogP contribution in [-0.2, 0) is 14.3 Å². The molecule has 0 aromatic heterocycles. The highest BCUT2D eigenvalue weighted by molar-refractivity contribution is 5.96. The van der Waals surface area contributed by atoms with Gasteiger partial charge in [-0.15, -0.1) is 0 Å². The lowest BCUT2D eigenvalue weighted by Crippen LogP contribution is -2.29. The number of hydrogen-bond donors (Lipinski definition) is 1. The van der Waals surface area contributed by atoms with E-state index in [1.54, 1.807) is 12.1 Å². The molecule has 0 aliphatic heterocycles. The molecule has 1 N–H and O–H groups in total. The number of ether oxygens (including phenoxy) is 4. The Labute approximate surface area is 183 Å². The predicted molar refractivity (Wildman–Crippen MR) is 120 cm³/mol. The average Bonchev–Trinajstić information content (AvgIpc) is 2.77. The fourth-order valence-corrected chi connectivity index (χ4v) is 2.80. The van der Waals surface area contributed by atoms with Gasteiger partial charge in [0, 0.05) is 23.4 Å². The molecule has 2 aromatic carbocycles. The first kappa shape index (κ1) is 23.8. The molecule has 0 saturated carbocycles. The Morgan fingerprint density at radius 2 is 1.45 bits per heavy atom. The summed E-state index contributed by atoms with van der Waals surface area (Å²) in [4.78, 5) is 24.5. The Morgan fingerprint density at radius 1 is 0.871 bits per heavy atom. The van der Waals surface area contributed by atoms with Crippen molar-refractivity contribution < 1.29 is 28.5 Å². The van der Waals surface area contributed by atoms with Crippen molar-refractivity contribution in [1.82, 2.24) is 0 Å². The zero-order valence-electron chi connectivity index (χ0n) is 18.7. The molecule has 0 unspecified atom stereocenters. The summed E-state index contributed by atoms with van der Waals surface area (Å²) < 4.78 is 21.0. The first-order chi connectivity index (χ1) is 14.8. The molecule has 0 bridgehead atoms. The standard InChI is InChI=1S/C24H29NO6/c1-15(2)17-7-10-19(11-8-17)25-24(27)16(3)31-23(26)12-9-18-13-21(29-5)22(30-6)14-20(18)28-4/h7-16H,1-6H3,(H,25,27)/b12-9-/t16-/m0/s1. The maximum Gasteiger partial charge on any atom is 0.331 e. The Balaban J connectivity index is 2.01. The number of nitrogens with one attached hydrogen (secondary N) is 1. The largest absolute Gasteiger partial charge is 0.496 e. The quantitative estimate of drug-likeness (QED) is 0.471. The molecule has 0 aliphatic rings. The van der Waals surface area contributed by atoms with Gasteiger partial charge in [0.25, 0.3) is 5.91 Å². The second-order valence-electron chi connectivity index (χ2n) is 7.13. The maximum atomic E-state index is 12.3. The van der Waals surface area contributed by atoms with Gasteiger partial charge in [-0.05, 0) is 42.7 Å². The molecule has 7 nitrogen and oxygen atoms in total. The summed E-state index contributed by atoms with van der Waals surface area (Å²) in [6, 6.07) is 10.9. The van der Waals surface area contributed by atoms with Gasteiger partial charge in [0.05, 0.1) is 21.3 Å². The van der Waals surface area contributed by atoms with Crippen molar-refractivity contribution in [2.45, 2.75) is 32.8 Å². The van der Waals surface area contributed by atoms with Gasteiger partial charge in [-0.25, -0.2) is 4.79 Å². The third-order valence-electron chi connectivity index (χ3n) is 4.64. The van der Waals surface area contributed by atoms with Crippen LogP contribution in [0.4, 0.5) is 5.69 Å². The van der Waals surface area contributed by atoms with Crippen molar-refractivity contribution >= 4 is 23.6 Å². The van der Waals surface area contributed by atoms with Crippen molar-refractivity contribution in [3.63, 3.8) is 0 Å². The Morgan fingerprint density at radius 3 is 2.00 bits per heavy atom. The molecule has 1 amide bonds. The van der Waals surface area contributed by atoms with E-state index >= 15 is 0 Å². The van der Waals surface area contributed by atoms with E-state index in [1.807, 2.05) is 24.3 Å². The normalized spacial score (nSPS) is 11.8. The van der Waals surface area contributed by atoms with Crippen LogP contribution in [0.15, 0.2) is 42.5 Å². The minimum absolute atomic E-state index is 0.403. The van der Waals surface area contributed by atoms with Crippen molar-refractivity contribution in [1.29, 1.82) is 0 Å². The van der Waals surface area contributed by atoms with E-state index in [4.69, 9.17) is 18.9 Å². The van der Waals surface area contributed by atoms with Gasteiger partial charge in [-0.3, -0.25) is 4.79 Å². The molecule has 31 heavy (non-hydrogen) atoms. The third-order valence-corrected chi connectivity index (χ3v) is 4.64. The van der Waals surface area contributed by atoms with E-state index < -0.39 is 18.0 Å². The number of rotatable bonds is 9. The zero-order valence-corrected chi connectivity index (χ0v) is 18.7. The molecule has 7 heteroatoms. The monoisotopic (exact) mass is 427 g/mol. The van der Waals surface area contributed by atoms with Crippen molar-refractivity contribution in [2.75, 3.05) is 26.6 Å². The molecular formula is C24H29NO6. The Hall–Kier alpha value is -3.48. The van der Waals surface area contributed by atoms with Crippen LogP contribution in [0.2, 0.25) is 0 Å². The Kier molecular flexibility index (Phi) is 8.49. The summed E-state index contributed by atoms with van der Waals surface area (Å²) in [5.41, 5.74) is 2.41. The van der Waals surface area contributed by atoms with Crippen LogP contribution in [0, 0.1) is 0 Å². The van der Waals surface area contributed by atoms with Gasteiger partial charge in [0.1, 0.15) is 5.75 Å². The molecule has 0 spiro atoms. The van der Waals surface area contributed by atoms with Crippen LogP contribution >= 0.6 is 0 Å². The van der Waals surface area contributed by atoms with Crippen molar-refractivity contribution in [2.24, 2.45) is 0 Å². The minimum atomic E-state index is -0.964. The second-order valence-corrected chi connectivity index (χ2v) is 7.13. The fourth-order valence-electron chi connectivity index (χ4n) is 2.80. The van der Waals surface area contributed by atoms with E-state index in [0.717, 1.165) is 0 Å². The van der Waals surface area contributed by atoms with Gasteiger partial charge in [0.2, 0.25) is 0 Å². The molecular weight excluding hydrogens is 398 g/mol. The number of amides is 1. The summed E-state index contributed by atoms with van der Waals surface area (Å²) in [5, 5.41) is 2.74. The molecule has 1 atom stereocenters. The molecule has 2 rings (SSSR count). The number of carbonyl (C=O) groups is 2. The first-order valence-corrected chi connectivity index (χ1v) is 9.88. The Bertz CT molecular complexity index is 934. The highest BCUT2D eigenvalue weighted by Crippen LogP contribution is 2.35. The molecule has 0 saturated heterocycles. The smallest absolute Gasteiger partial charge is 0.331 e. The number of anilines is 1. The number of hydrogen-bond acceptors (Lipinski definition) is 6. The summed E-state index contributed by atoms with van der Waals surface area (Å²) in [6.07, 6.45) is 1.79. The van der Waals surface area contributed by atoms with Crippen molar-refractivity contribution in [3.05, 3.63) is 53.6 Å². The topological polar surface area (TPSA) is 83.1 Å². The lowest BCUT2D eigenvalue weighted by atomic mass is 10.0. The molecule has 0 radical (unpaired) electrons. The first-order valence-electron chi connectivity index (χ1n) is 9.88. The van der Waals surface area contributed by atoms with Gasteiger partial charge in [0.15, 0.2) is 17.6 Å². The van der Waals surface area contributed by atoms with Crippen LogP contribution in [0.1, 0.15) is 37.8 Å². The van der Waals surface area contributed by atoms with E-state index in [-0.39, 0.29) is 0 Å². The van der Waals surface area contributed by atoms with Crippen LogP contribution in [-0.4, -0.2) is 39.3 Å². The van der Waals surface area contributed by atoms with Crippen molar-refractivity contribution in [3.8, 4) is 17.2 Å². The van der Waals surface area contributed by atoms with Crippen LogP contribution < -0.4 is 19.5 Å². The van der Waals surface area contributed by atoms with E-state index in [2.05, 4.69) is 19.2 Å². The molecule has 0 aliphatic carbocycles. The molecule has 0 fully saturated rings. The van der Waals surface area contributed by atoms with Gasteiger partial charge >= 0.3 is 5.97 Å². The number of esters is 1. The molecule has 2 aromatic rings. The van der Waals surface area contributed by atoms with Gasteiger partial charge < -0.3 is 24.3 Å². The lowest BCUT2D eigenvalue weighted by molar-refractivity contribution is -0.148. The second kappa shape index (κ2) is 11.1. The summed E-state index contributed by atoms with van der Waals surface area (Å²) in [5.74, 6) is 0.828. The van der Waals surface area contributed by atoms with Crippen LogP contribution in [0.25, 0.3) is 6.08 Å². The van der Waals surface area contributed by atoms with Gasteiger partial charge in [-0.1, -0.05) is 26.0 Å². The fraction of sp³-hybridized carbons (Fsp3) is 0.333. The lowest BCUT2D eigenvalue weighted by Gasteiger charge is -2.14. The maximum absolute atomic E-state index is 12.3.